The number of fused-ring (bicyclic) bond motifs is 5. The Morgan fingerprint density at radius 3 is 2.48 bits per heavy atom. The van der Waals surface area contributed by atoms with Gasteiger partial charge in [-0.1, -0.05) is 31.3 Å². The lowest BCUT2D eigenvalue weighted by molar-refractivity contribution is -0.119. The van der Waals surface area contributed by atoms with Crippen LogP contribution in [0.1, 0.15) is 65.2 Å². The summed E-state index contributed by atoms with van der Waals surface area (Å²) >= 11 is 11.8. The van der Waals surface area contributed by atoms with Crippen molar-refractivity contribution < 1.29 is 9.90 Å². The second-order valence-corrected chi connectivity index (χ2v) is 11.5. The molecule has 6 atom stereocenters. The number of nitrogens with zero attached hydrogens (tertiary/aromatic N) is 1. The van der Waals surface area contributed by atoms with Crippen molar-refractivity contribution in [2.45, 2.75) is 70.8 Å². The van der Waals surface area contributed by atoms with Gasteiger partial charge >= 0.3 is 0 Å². The molecule has 0 amide bonds. The van der Waals surface area contributed by atoms with E-state index in [0.717, 1.165) is 58.0 Å². The highest BCUT2D eigenvalue weighted by molar-refractivity contribution is 6.18. The Balaban J connectivity index is 1.53. The van der Waals surface area contributed by atoms with E-state index in [0.29, 0.717) is 48.3 Å². The maximum atomic E-state index is 12.0. The van der Waals surface area contributed by atoms with Crippen LogP contribution >= 0.6 is 23.2 Å². The van der Waals surface area contributed by atoms with E-state index in [1.807, 2.05) is 6.08 Å². The highest BCUT2D eigenvalue weighted by Gasteiger charge is 2.63. The minimum atomic E-state index is -0.907. The SMILES string of the molecule is CC12CCC(=O)C=C1CCC1C2CCC2(C)C1CCC2(O)C#CCN(CCCl)CCCl. The Hall–Kier alpha value is -0.530. The minimum Gasteiger partial charge on any atom is -0.377 e. The molecule has 0 radical (unpaired) electrons. The quantitative estimate of drug-likeness (QED) is 0.456. The fourth-order valence-corrected chi connectivity index (χ4v) is 8.07. The second-order valence-electron chi connectivity index (χ2n) is 10.8. The van der Waals surface area contributed by atoms with E-state index in [4.69, 9.17) is 23.2 Å². The molecule has 6 unspecified atom stereocenters. The third-order valence-corrected chi connectivity index (χ3v) is 9.85. The lowest BCUT2D eigenvalue weighted by Crippen LogP contribution is -2.54. The molecule has 172 valence electrons. The average Bonchev–Trinajstić information content (AvgIpc) is 3.00. The predicted molar refractivity (Wildman–Crippen MR) is 127 cm³/mol. The maximum Gasteiger partial charge on any atom is 0.155 e. The number of carbonyl (C=O) groups excluding carboxylic acids is 1. The van der Waals surface area contributed by atoms with Crippen molar-refractivity contribution in [3.63, 3.8) is 0 Å². The Morgan fingerprint density at radius 1 is 1.06 bits per heavy atom. The smallest absolute Gasteiger partial charge is 0.155 e. The highest BCUT2D eigenvalue weighted by atomic mass is 35.5. The molecule has 0 aromatic carbocycles. The largest absolute Gasteiger partial charge is 0.377 e. The number of hydrogen-bond acceptors (Lipinski definition) is 3. The van der Waals surface area contributed by atoms with Gasteiger partial charge in [-0.2, -0.15) is 0 Å². The summed E-state index contributed by atoms with van der Waals surface area (Å²) in [6.45, 7) is 6.84. The van der Waals surface area contributed by atoms with Gasteiger partial charge in [-0.3, -0.25) is 9.69 Å². The lowest BCUT2D eigenvalue weighted by Gasteiger charge is -2.58. The summed E-state index contributed by atoms with van der Waals surface area (Å²) in [7, 11) is 0. The molecule has 0 spiro atoms. The standard InChI is InChI=1S/C26H37Cl2NO2/c1-24-10-6-20(30)18-19(24)4-5-21-22(24)7-11-25(2)23(21)8-12-26(25,31)9-3-15-29(16-13-27)17-14-28/h18,21-23,31H,4-8,10-17H2,1-2H3. The summed E-state index contributed by atoms with van der Waals surface area (Å²) in [5, 5.41) is 11.7. The first-order valence-corrected chi connectivity index (χ1v) is 13.1. The summed E-state index contributed by atoms with van der Waals surface area (Å²) < 4.78 is 0. The molecule has 4 aliphatic carbocycles. The average molecular weight is 466 g/mol. The van der Waals surface area contributed by atoms with Crippen molar-refractivity contribution in [3.8, 4) is 11.8 Å². The van der Waals surface area contributed by atoms with Crippen molar-refractivity contribution in [1.29, 1.82) is 0 Å². The predicted octanol–water partition coefficient (Wildman–Crippen LogP) is 5.03. The Labute approximate surface area is 197 Å². The lowest BCUT2D eigenvalue weighted by atomic mass is 9.46. The first-order valence-electron chi connectivity index (χ1n) is 12.1. The van der Waals surface area contributed by atoms with Crippen LogP contribution in [0.3, 0.4) is 0 Å². The van der Waals surface area contributed by atoms with E-state index in [-0.39, 0.29) is 10.8 Å². The Morgan fingerprint density at radius 2 is 1.77 bits per heavy atom. The van der Waals surface area contributed by atoms with E-state index in [9.17, 15) is 9.90 Å². The highest BCUT2D eigenvalue weighted by Crippen LogP contribution is 2.67. The summed E-state index contributed by atoms with van der Waals surface area (Å²) in [6.07, 6.45) is 9.86. The van der Waals surface area contributed by atoms with E-state index < -0.39 is 5.60 Å². The molecule has 3 nitrogen and oxygen atoms in total. The van der Waals surface area contributed by atoms with Crippen LogP contribution < -0.4 is 0 Å². The summed E-state index contributed by atoms with van der Waals surface area (Å²) in [5.74, 6) is 9.85. The van der Waals surface area contributed by atoms with Gasteiger partial charge in [0.1, 0.15) is 5.60 Å². The van der Waals surface area contributed by atoms with Crippen molar-refractivity contribution in [2.24, 2.45) is 28.6 Å². The molecule has 31 heavy (non-hydrogen) atoms. The van der Waals surface area contributed by atoms with Gasteiger partial charge in [0.2, 0.25) is 0 Å². The summed E-state index contributed by atoms with van der Waals surface area (Å²) in [5.41, 5.74) is 0.525. The number of carbonyl (C=O) groups is 1. The van der Waals surface area contributed by atoms with Crippen LogP contribution in [0.4, 0.5) is 0 Å². The van der Waals surface area contributed by atoms with E-state index >= 15 is 0 Å². The third-order valence-electron chi connectivity index (χ3n) is 9.51. The van der Waals surface area contributed by atoms with Crippen LogP contribution in [0.15, 0.2) is 11.6 Å². The zero-order chi connectivity index (χ0) is 22.3. The first-order chi connectivity index (χ1) is 14.8. The molecular weight excluding hydrogens is 429 g/mol. The topological polar surface area (TPSA) is 40.5 Å². The number of allylic oxidation sites excluding steroid dienone is 1. The monoisotopic (exact) mass is 465 g/mol. The van der Waals surface area contributed by atoms with Crippen molar-refractivity contribution in [3.05, 3.63) is 11.6 Å². The zero-order valence-corrected chi connectivity index (χ0v) is 20.6. The summed E-state index contributed by atoms with van der Waals surface area (Å²) in [6, 6.07) is 0. The Bertz CT molecular complexity index is 795. The molecule has 3 saturated carbocycles. The number of ketones is 1. The van der Waals surface area contributed by atoms with E-state index in [1.165, 1.54) is 5.57 Å². The molecule has 4 aliphatic rings. The maximum absolute atomic E-state index is 12.0. The molecule has 3 fully saturated rings. The number of aliphatic hydroxyl groups is 1. The fraction of sp³-hybridized carbons (Fsp3) is 0.808. The van der Waals surface area contributed by atoms with E-state index in [2.05, 4.69) is 30.6 Å². The van der Waals surface area contributed by atoms with Crippen molar-refractivity contribution in [2.75, 3.05) is 31.4 Å². The number of hydrogen-bond donors (Lipinski definition) is 1. The molecular formula is C26H37Cl2NO2. The third kappa shape index (κ3) is 4.01. The van der Waals surface area contributed by atoms with Gasteiger partial charge in [0.05, 0.1) is 6.54 Å². The molecule has 1 N–H and O–H groups in total. The second kappa shape index (κ2) is 9.02. The van der Waals surface area contributed by atoms with Gasteiger partial charge in [-0.25, -0.2) is 0 Å². The fourth-order valence-electron chi connectivity index (χ4n) is 7.59. The van der Waals surface area contributed by atoms with Gasteiger partial charge in [0, 0.05) is 36.7 Å². The van der Waals surface area contributed by atoms with Gasteiger partial charge in [0.25, 0.3) is 0 Å². The minimum absolute atomic E-state index is 0.146. The summed E-state index contributed by atoms with van der Waals surface area (Å²) in [4.78, 5) is 14.2. The molecule has 5 heteroatoms. The van der Waals surface area contributed by atoms with Crippen molar-refractivity contribution in [1.82, 2.24) is 4.90 Å². The molecule has 0 heterocycles. The van der Waals surface area contributed by atoms with Crippen LogP contribution in [-0.4, -0.2) is 52.8 Å². The van der Waals surface area contributed by atoms with Crippen LogP contribution in [0.25, 0.3) is 0 Å². The molecule has 0 aromatic heterocycles. The molecule has 4 rings (SSSR count). The van der Waals surface area contributed by atoms with Gasteiger partial charge in [-0.15, -0.1) is 23.2 Å². The Kier molecular flexibility index (Phi) is 6.87. The number of rotatable bonds is 5. The van der Waals surface area contributed by atoms with Gasteiger partial charge < -0.3 is 5.11 Å². The first kappa shape index (κ1) is 23.6. The normalized spacial score (nSPS) is 41.7. The van der Waals surface area contributed by atoms with Crippen LogP contribution in [-0.2, 0) is 4.79 Å². The number of alkyl halides is 2. The zero-order valence-electron chi connectivity index (χ0n) is 19.1. The van der Waals surface area contributed by atoms with E-state index in [1.54, 1.807) is 0 Å². The van der Waals surface area contributed by atoms with Crippen LogP contribution in [0.2, 0.25) is 0 Å². The van der Waals surface area contributed by atoms with Gasteiger partial charge in [-0.05, 0) is 74.2 Å². The molecule has 0 bridgehead atoms. The number of halogens is 2. The van der Waals surface area contributed by atoms with Crippen LogP contribution in [0, 0.1) is 40.4 Å². The molecule has 0 aliphatic heterocycles. The van der Waals surface area contributed by atoms with Crippen molar-refractivity contribution >= 4 is 29.0 Å². The molecule has 0 aromatic rings. The van der Waals surface area contributed by atoms with Gasteiger partial charge in [0.15, 0.2) is 5.78 Å². The van der Waals surface area contributed by atoms with Crippen LogP contribution in [0.5, 0.6) is 0 Å². The molecule has 0 saturated heterocycles.